The predicted octanol–water partition coefficient (Wildman–Crippen LogP) is 1.42. The van der Waals surface area contributed by atoms with Gasteiger partial charge in [-0.3, -0.25) is 4.84 Å². The molecule has 1 aromatic carbocycles. The van der Waals surface area contributed by atoms with E-state index in [1.165, 1.54) is 26.4 Å². The highest BCUT2D eigenvalue weighted by molar-refractivity contribution is 7.89. The molecule has 7 heteroatoms. The van der Waals surface area contributed by atoms with E-state index in [0.717, 1.165) is 17.3 Å². The topological polar surface area (TPSA) is 65.1 Å². The Kier molecular flexibility index (Phi) is 4.28. The van der Waals surface area contributed by atoms with Crippen LogP contribution in [0.25, 0.3) is 0 Å². The predicted molar refractivity (Wildman–Crippen MR) is 68.6 cm³/mol. The van der Waals surface area contributed by atoms with Gasteiger partial charge in [-0.05, 0) is 25.0 Å². The van der Waals surface area contributed by atoms with Gasteiger partial charge in [0, 0.05) is 12.6 Å². The molecule has 1 aliphatic rings. The summed E-state index contributed by atoms with van der Waals surface area (Å²) in [5.41, 5.74) is 0. The summed E-state index contributed by atoms with van der Waals surface area (Å²) in [5, 5.41) is 0. The van der Waals surface area contributed by atoms with Gasteiger partial charge in [-0.2, -0.15) is 0 Å². The third-order valence-corrected chi connectivity index (χ3v) is 4.60. The molecule has 1 saturated heterocycles. The van der Waals surface area contributed by atoms with Crippen molar-refractivity contribution in [3.63, 3.8) is 0 Å². The van der Waals surface area contributed by atoms with Crippen LogP contribution in [-0.4, -0.2) is 40.3 Å². The largest absolute Gasteiger partial charge is 0.497 e. The molecule has 0 amide bonds. The zero-order valence-corrected chi connectivity index (χ0v) is 11.8. The molecule has 106 valence electrons. The summed E-state index contributed by atoms with van der Waals surface area (Å²) in [6, 6.07) is 4.58. The summed E-state index contributed by atoms with van der Waals surface area (Å²) in [6.07, 6.45) is 1.66. The van der Waals surface area contributed by atoms with E-state index >= 15 is 0 Å². The Morgan fingerprint density at radius 3 is 2.58 bits per heavy atom. The first kappa shape index (κ1) is 14.1. The number of benzene rings is 1. The van der Waals surface area contributed by atoms with Crippen molar-refractivity contribution in [3.05, 3.63) is 18.2 Å². The van der Waals surface area contributed by atoms with Gasteiger partial charge in [0.05, 0.1) is 20.8 Å². The second-order valence-corrected chi connectivity index (χ2v) is 5.89. The van der Waals surface area contributed by atoms with Crippen LogP contribution in [0.5, 0.6) is 11.5 Å². The molecule has 6 nitrogen and oxygen atoms in total. The second kappa shape index (κ2) is 5.77. The molecule has 1 fully saturated rings. The molecule has 19 heavy (non-hydrogen) atoms. The molecular formula is C12H17NO5S. The lowest BCUT2D eigenvalue weighted by Crippen LogP contribution is -2.35. The van der Waals surface area contributed by atoms with Crippen LogP contribution in [0.15, 0.2) is 23.1 Å². The minimum absolute atomic E-state index is 0.0812. The minimum Gasteiger partial charge on any atom is -0.497 e. The van der Waals surface area contributed by atoms with Crippen molar-refractivity contribution in [1.82, 2.24) is 4.47 Å². The normalized spacial score (nSPS) is 17.2. The van der Waals surface area contributed by atoms with Crippen molar-refractivity contribution in [2.24, 2.45) is 0 Å². The van der Waals surface area contributed by atoms with Gasteiger partial charge in [-0.1, -0.05) is 4.47 Å². The van der Waals surface area contributed by atoms with Crippen molar-refractivity contribution in [3.8, 4) is 11.5 Å². The Labute approximate surface area is 112 Å². The summed E-state index contributed by atoms with van der Waals surface area (Å²) in [4.78, 5) is 5.29. The molecule has 0 aromatic heterocycles. The van der Waals surface area contributed by atoms with Crippen LogP contribution in [0.4, 0.5) is 0 Å². The van der Waals surface area contributed by atoms with E-state index in [0.29, 0.717) is 18.9 Å². The number of methoxy groups -OCH3 is 2. The molecule has 0 aliphatic carbocycles. The van der Waals surface area contributed by atoms with Gasteiger partial charge in [0.15, 0.2) is 0 Å². The average molecular weight is 287 g/mol. The van der Waals surface area contributed by atoms with Gasteiger partial charge in [-0.25, -0.2) is 8.42 Å². The van der Waals surface area contributed by atoms with Crippen molar-refractivity contribution < 1.29 is 22.7 Å². The standard InChI is InChI=1S/C12H17NO5S/c1-16-10-5-6-12(11(9-10)17-2)19(14,15)13-7-3-4-8-18-13/h5-6,9H,3-4,7-8H2,1-2H3. The fraction of sp³-hybridized carbons (Fsp3) is 0.500. The highest BCUT2D eigenvalue weighted by Crippen LogP contribution is 2.31. The first-order valence-electron chi connectivity index (χ1n) is 5.97. The van der Waals surface area contributed by atoms with Gasteiger partial charge < -0.3 is 9.47 Å². The number of hydroxylamine groups is 1. The number of hydrogen-bond donors (Lipinski definition) is 0. The summed E-state index contributed by atoms with van der Waals surface area (Å²) >= 11 is 0. The Bertz CT molecular complexity index is 537. The Morgan fingerprint density at radius 1 is 1.21 bits per heavy atom. The van der Waals surface area contributed by atoms with Crippen molar-refractivity contribution >= 4 is 10.0 Å². The van der Waals surface area contributed by atoms with Gasteiger partial charge in [0.25, 0.3) is 10.0 Å². The SMILES string of the molecule is COc1ccc(S(=O)(=O)N2CCCCO2)c(OC)c1. The van der Waals surface area contributed by atoms with Crippen molar-refractivity contribution in [2.45, 2.75) is 17.7 Å². The van der Waals surface area contributed by atoms with E-state index in [-0.39, 0.29) is 10.6 Å². The van der Waals surface area contributed by atoms with Gasteiger partial charge >= 0.3 is 0 Å². The van der Waals surface area contributed by atoms with Crippen LogP contribution in [0.3, 0.4) is 0 Å². The molecule has 1 aliphatic heterocycles. The van der Waals surface area contributed by atoms with Gasteiger partial charge in [-0.15, -0.1) is 0 Å². The number of nitrogens with zero attached hydrogens (tertiary/aromatic N) is 1. The Hall–Kier alpha value is -1.31. The van der Waals surface area contributed by atoms with Crippen molar-refractivity contribution in [1.29, 1.82) is 0 Å². The van der Waals surface area contributed by atoms with E-state index in [1.807, 2.05) is 0 Å². The maximum Gasteiger partial charge on any atom is 0.268 e. The van der Waals surface area contributed by atoms with E-state index < -0.39 is 10.0 Å². The summed E-state index contributed by atoms with van der Waals surface area (Å²) in [5.74, 6) is 0.781. The first-order valence-corrected chi connectivity index (χ1v) is 7.41. The Morgan fingerprint density at radius 2 is 2.00 bits per heavy atom. The van der Waals surface area contributed by atoms with E-state index in [4.69, 9.17) is 14.3 Å². The number of rotatable bonds is 4. The second-order valence-electron chi connectivity index (χ2n) is 4.09. The zero-order chi connectivity index (χ0) is 13.9. The molecule has 0 N–H and O–H groups in total. The third kappa shape index (κ3) is 2.83. The highest BCUT2D eigenvalue weighted by atomic mass is 32.2. The summed E-state index contributed by atoms with van der Waals surface area (Å²) in [6.45, 7) is 0.773. The van der Waals surface area contributed by atoms with Crippen LogP contribution in [0, 0.1) is 0 Å². The maximum atomic E-state index is 12.4. The molecule has 0 radical (unpaired) electrons. The fourth-order valence-corrected chi connectivity index (χ4v) is 3.30. The average Bonchev–Trinajstić information content (AvgIpc) is 2.47. The molecule has 0 atom stereocenters. The fourth-order valence-electron chi connectivity index (χ4n) is 1.86. The minimum atomic E-state index is -3.70. The number of hydrogen-bond acceptors (Lipinski definition) is 5. The van der Waals surface area contributed by atoms with Crippen LogP contribution in [0.1, 0.15) is 12.8 Å². The van der Waals surface area contributed by atoms with Crippen molar-refractivity contribution in [2.75, 3.05) is 27.4 Å². The summed E-state index contributed by atoms with van der Waals surface area (Å²) in [7, 11) is -0.767. The molecular weight excluding hydrogens is 270 g/mol. The molecule has 1 heterocycles. The van der Waals surface area contributed by atoms with Crippen LogP contribution >= 0.6 is 0 Å². The number of ether oxygens (including phenoxy) is 2. The van der Waals surface area contributed by atoms with Crippen LogP contribution in [-0.2, 0) is 14.9 Å². The quantitative estimate of drug-likeness (QED) is 0.838. The van der Waals surface area contributed by atoms with E-state index in [9.17, 15) is 8.42 Å². The molecule has 0 bridgehead atoms. The molecule has 0 unspecified atom stereocenters. The van der Waals surface area contributed by atoms with Gasteiger partial charge in [0.2, 0.25) is 0 Å². The monoisotopic (exact) mass is 287 g/mol. The third-order valence-electron chi connectivity index (χ3n) is 2.89. The first-order chi connectivity index (χ1) is 9.09. The maximum absolute atomic E-state index is 12.4. The molecule has 0 saturated carbocycles. The van der Waals surface area contributed by atoms with E-state index in [1.54, 1.807) is 6.07 Å². The lowest BCUT2D eigenvalue weighted by Gasteiger charge is -2.25. The summed E-state index contributed by atoms with van der Waals surface area (Å²) < 4.78 is 36.1. The smallest absolute Gasteiger partial charge is 0.268 e. The Balaban J connectivity index is 2.39. The lowest BCUT2D eigenvalue weighted by molar-refractivity contribution is -0.108. The molecule has 1 aromatic rings. The zero-order valence-electron chi connectivity index (χ0n) is 11.0. The van der Waals surface area contributed by atoms with E-state index in [2.05, 4.69) is 0 Å². The number of sulfonamides is 1. The van der Waals surface area contributed by atoms with Gasteiger partial charge in [0.1, 0.15) is 16.4 Å². The van der Waals surface area contributed by atoms with Crippen LogP contribution in [0.2, 0.25) is 0 Å². The lowest BCUT2D eigenvalue weighted by atomic mass is 10.3. The molecule has 2 rings (SSSR count). The molecule has 0 spiro atoms. The van der Waals surface area contributed by atoms with Crippen LogP contribution < -0.4 is 9.47 Å². The highest BCUT2D eigenvalue weighted by Gasteiger charge is 2.30.